The smallest absolute Gasteiger partial charge is 0.334 e. The number of aryl methyl sites for hydroxylation is 1. The molecule has 0 bridgehead atoms. The second-order valence-corrected chi connectivity index (χ2v) is 6.09. The van der Waals surface area contributed by atoms with E-state index in [-0.39, 0.29) is 12.5 Å². The van der Waals surface area contributed by atoms with Crippen LogP contribution in [0.4, 0.5) is 0 Å². The summed E-state index contributed by atoms with van der Waals surface area (Å²) in [6, 6.07) is 0. The first-order chi connectivity index (χ1) is 10.8. The predicted octanol–water partition coefficient (Wildman–Crippen LogP) is 1.30. The highest BCUT2D eigenvalue weighted by molar-refractivity contribution is 5.78. The highest BCUT2D eigenvalue weighted by Crippen LogP contribution is 2.16. The summed E-state index contributed by atoms with van der Waals surface area (Å²) in [6.07, 6.45) is -0.131. The second kappa shape index (κ2) is 8.67. The normalized spacial score (nSPS) is 12.4. The van der Waals surface area contributed by atoms with E-state index >= 15 is 0 Å². The number of carboxylic acids is 1. The summed E-state index contributed by atoms with van der Waals surface area (Å²) in [4.78, 5) is 22.7. The molecule has 0 radical (unpaired) electrons. The van der Waals surface area contributed by atoms with Gasteiger partial charge in [0, 0.05) is 25.8 Å². The molecular formula is C16H27N3O4. The van der Waals surface area contributed by atoms with Crippen LogP contribution in [0.15, 0.2) is 0 Å². The summed E-state index contributed by atoms with van der Waals surface area (Å²) in [7, 11) is 1.31. The van der Waals surface area contributed by atoms with Gasteiger partial charge in [0.1, 0.15) is 0 Å². The van der Waals surface area contributed by atoms with Gasteiger partial charge in [-0.05, 0) is 31.7 Å². The summed E-state index contributed by atoms with van der Waals surface area (Å²) in [6.45, 7) is 9.06. The van der Waals surface area contributed by atoms with Gasteiger partial charge in [0.25, 0.3) is 0 Å². The Balaban J connectivity index is 2.56. The van der Waals surface area contributed by atoms with Crippen molar-refractivity contribution in [3.05, 3.63) is 17.0 Å². The minimum Gasteiger partial charge on any atom is -0.479 e. The first-order valence-corrected chi connectivity index (χ1v) is 7.81. The number of carboxylic acid groups (broad SMARTS) is 1. The molecule has 1 aromatic heterocycles. The number of carbonyl (C=O) groups excluding carboxylic acids is 1. The first-order valence-electron chi connectivity index (χ1n) is 7.81. The van der Waals surface area contributed by atoms with E-state index in [9.17, 15) is 9.59 Å². The number of nitrogens with one attached hydrogen (secondary N) is 1. The van der Waals surface area contributed by atoms with Gasteiger partial charge in [-0.15, -0.1) is 0 Å². The molecule has 0 aliphatic heterocycles. The Morgan fingerprint density at radius 3 is 2.52 bits per heavy atom. The lowest BCUT2D eigenvalue weighted by Crippen LogP contribution is -2.37. The van der Waals surface area contributed by atoms with Crippen LogP contribution in [0, 0.1) is 19.8 Å². The molecule has 0 aliphatic rings. The van der Waals surface area contributed by atoms with Crippen LogP contribution in [0.2, 0.25) is 0 Å². The van der Waals surface area contributed by atoms with E-state index in [4.69, 9.17) is 9.84 Å². The van der Waals surface area contributed by atoms with Crippen LogP contribution in [-0.4, -0.2) is 46.5 Å². The van der Waals surface area contributed by atoms with E-state index in [0.29, 0.717) is 18.8 Å². The fourth-order valence-corrected chi connectivity index (χ4v) is 2.42. The molecule has 0 aromatic carbocycles. The molecule has 1 aromatic rings. The largest absolute Gasteiger partial charge is 0.479 e. The lowest BCUT2D eigenvalue weighted by molar-refractivity contribution is -0.148. The third-order valence-corrected chi connectivity index (χ3v) is 3.72. The van der Waals surface area contributed by atoms with Crippen molar-refractivity contribution in [1.29, 1.82) is 0 Å². The van der Waals surface area contributed by atoms with Crippen molar-refractivity contribution in [2.75, 3.05) is 13.7 Å². The zero-order valence-electron chi connectivity index (χ0n) is 14.5. The van der Waals surface area contributed by atoms with Crippen molar-refractivity contribution in [2.45, 2.75) is 53.2 Å². The van der Waals surface area contributed by atoms with Crippen molar-refractivity contribution in [3.8, 4) is 0 Å². The molecule has 1 atom stereocenters. The molecule has 1 unspecified atom stereocenters. The summed E-state index contributed by atoms with van der Waals surface area (Å²) >= 11 is 0. The van der Waals surface area contributed by atoms with Gasteiger partial charge in [0.05, 0.1) is 12.2 Å². The first kappa shape index (κ1) is 19.2. The number of rotatable bonds is 9. The van der Waals surface area contributed by atoms with Crippen molar-refractivity contribution in [2.24, 2.45) is 5.92 Å². The topological polar surface area (TPSA) is 93.5 Å². The zero-order chi connectivity index (χ0) is 17.6. The van der Waals surface area contributed by atoms with Crippen LogP contribution in [0.25, 0.3) is 0 Å². The molecule has 23 heavy (non-hydrogen) atoms. The van der Waals surface area contributed by atoms with Crippen molar-refractivity contribution < 1.29 is 19.4 Å². The molecule has 1 heterocycles. The third-order valence-electron chi connectivity index (χ3n) is 3.72. The van der Waals surface area contributed by atoms with Gasteiger partial charge >= 0.3 is 5.97 Å². The zero-order valence-corrected chi connectivity index (χ0v) is 14.5. The standard InChI is InChI=1S/C16H27N3O4/c1-10(2)9-19-12(4)13(11(3)18-19)6-7-15(20)17-8-14(23-5)16(21)22/h10,14H,6-9H2,1-5H3,(H,17,20)(H,21,22). The predicted molar refractivity (Wildman–Crippen MR) is 86.3 cm³/mol. The Hall–Kier alpha value is -1.89. The lowest BCUT2D eigenvalue weighted by Gasteiger charge is -2.11. The fourth-order valence-electron chi connectivity index (χ4n) is 2.42. The third kappa shape index (κ3) is 5.67. The van der Waals surface area contributed by atoms with Crippen LogP contribution in [-0.2, 0) is 27.3 Å². The minimum absolute atomic E-state index is 0.0325. The summed E-state index contributed by atoms with van der Waals surface area (Å²) in [5.74, 6) is -0.774. The highest BCUT2D eigenvalue weighted by Gasteiger charge is 2.18. The maximum atomic E-state index is 11.9. The van der Waals surface area contributed by atoms with Crippen LogP contribution in [0.5, 0.6) is 0 Å². The monoisotopic (exact) mass is 325 g/mol. The summed E-state index contributed by atoms with van der Waals surface area (Å²) in [5, 5.41) is 16.0. The van der Waals surface area contributed by atoms with E-state index in [0.717, 1.165) is 23.5 Å². The maximum absolute atomic E-state index is 11.9. The number of hydrogen-bond donors (Lipinski definition) is 2. The number of aromatic nitrogens is 2. The number of hydrogen-bond acceptors (Lipinski definition) is 4. The van der Waals surface area contributed by atoms with Crippen LogP contribution in [0.1, 0.15) is 37.2 Å². The Bertz CT molecular complexity index is 552. The number of methoxy groups -OCH3 is 1. The van der Waals surface area contributed by atoms with Gasteiger partial charge in [-0.2, -0.15) is 5.10 Å². The molecule has 0 aliphatic carbocycles. The molecule has 0 saturated heterocycles. The average Bonchev–Trinajstić information content (AvgIpc) is 2.71. The maximum Gasteiger partial charge on any atom is 0.334 e. The molecule has 0 spiro atoms. The van der Waals surface area contributed by atoms with E-state index in [1.54, 1.807) is 0 Å². The molecule has 130 valence electrons. The second-order valence-electron chi connectivity index (χ2n) is 6.09. The van der Waals surface area contributed by atoms with Crippen LogP contribution < -0.4 is 5.32 Å². The molecular weight excluding hydrogens is 298 g/mol. The van der Waals surface area contributed by atoms with E-state index < -0.39 is 12.1 Å². The molecule has 1 amide bonds. The number of aliphatic carboxylic acids is 1. The molecule has 0 saturated carbocycles. The number of amides is 1. The number of carbonyl (C=O) groups is 2. The minimum atomic E-state index is -1.09. The van der Waals surface area contributed by atoms with Crippen molar-refractivity contribution in [1.82, 2.24) is 15.1 Å². The summed E-state index contributed by atoms with van der Waals surface area (Å²) < 4.78 is 6.76. The van der Waals surface area contributed by atoms with Gasteiger partial charge in [0.2, 0.25) is 5.91 Å². The van der Waals surface area contributed by atoms with Gasteiger partial charge in [-0.3, -0.25) is 9.48 Å². The quantitative estimate of drug-likeness (QED) is 0.714. The van der Waals surface area contributed by atoms with Crippen molar-refractivity contribution >= 4 is 11.9 Å². The van der Waals surface area contributed by atoms with Gasteiger partial charge in [-0.1, -0.05) is 13.8 Å². The van der Waals surface area contributed by atoms with Gasteiger partial charge in [0.15, 0.2) is 6.10 Å². The van der Waals surface area contributed by atoms with Crippen LogP contribution in [0.3, 0.4) is 0 Å². The molecule has 2 N–H and O–H groups in total. The van der Waals surface area contributed by atoms with Gasteiger partial charge < -0.3 is 15.2 Å². The van der Waals surface area contributed by atoms with Crippen molar-refractivity contribution in [3.63, 3.8) is 0 Å². The SMILES string of the molecule is COC(CNC(=O)CCc1c(C)nn(CC(C)C)c1C)C(=O)O. The average molecular weight is 325 g/mol. The Morgan fingerprint density at radius 2 is 2.00 bits per heavy atom. The summed E-state index contributed by atoms with van der Waals surface area (Å²) in [5.41, 5.74) is 3.11. The Labute approximate surface area is 137 Å². The fraction of sp³-hybridized carbons (Fsp3) is 0.688. The molecule has 1 rings (SSSR count). The van der Waals surface area contributed by atoms with Crippen LogP contribution >= 0.6 is 0 Å². The lowest BCUT2D eigenvalue weighted by atomic mass is 10.1. The number of ether oxygens (including phenoxy) is 1. The van der Waals surface area contributed by atoms with E-state index in [2.05, 4.69) is 24.3 Å². The molecule has 7 nitrogen and oxygen atoms in total. The Kier molecular flexibility index (Phi) is 7.22. The number of nitrogens with zero attached hydrogens (tertiary/aromatic N) is 2. The highest BCUT2D eigenvalue weighted by atomic mass is 16.5. The molecule has 7 heteroatoms. The van der Waals surface area contributed by atoms with E-state index in [1.165, 1.54) is 7.11 Å². The Morgan fingerprint density at radius 1 is 1.35 bits per heavy atom. The van der Waals surface area contributed by atoms with E-state index in [1.807, 2.05) is 18.5 Å². The molecule has 0 fully saturated rings. The van der Waals surface area contributed by atoms with Gasteiger partial charge in [-0.25, -0.2) is 4.79 Å².